The van der Waals surface area contributed by atoms with E-state index in [0.29, 0.717) is 112 Å². The van der Waals surface area contributed by atoms with Crippen molar-refractivity contribution in [2.45, 2.75) is 142 Å². The number of hydrogen-bond acceptors (Lipinski definition) is 16. The van der Waals surface area contributed by atoms with Gasteiger partial charge in [-0.2, -0.15) is 0 Å². The van der Waals surface area contributed by atoms with E-state index in [4.69, 9.17) is 56.8 Å². The molecule has 13 aromatic rings. The molecule has 15 rings (SSSR count). The van der Waals surface area contributed by atoms with Gasteiger partial charge in [-0.25, -0.2) is 0 Å². The molecule has 0 amide bonds. The van der Waals surface area contributed by atoms with Crippen LogP contribution in [0.2, 0.25) is 0 Å². The van der Waals surface area contributed by atoms with Crippen molar-refractivity contribution in [2.75, 3.05) is 112 Å². The Morgan fingerprint density at radius 2 is 0.460 bits per heavy atom. The average Bonchev–Trinajstić information content (AvgIpc) is 0.979. The van der Waals surface area contributed by atoms with Crippen molar-refractivity contribution < 1.29 is 56.8 Å². The number of fused-ring (bicyclic) bond motifs is 1. The first-order valence-electron chi connectivity index (χ1n) is 48.1. The van der Waals surface area contributed by atoms with Gasteiger partial charge in [0, 0.05) is 21.1 Å². The zero-order valence-corrected chi connectivity index (χ0v) is 85.3. The normalized spacial score (nSPS) is 13.8. The number of ether oxygens (including phenoxy) is 12. The van der Waals surface area contributed by atoms with Gasteiger partial charge < -0.3 is 56.8 Å². The van der Waals surface area contributed by atoms with E-state index in [-0.39, 0.29) is 21.7 Å². The Morgan fingerprint density at radius 3 is 0.766 bits per heavy atom. The Morgan fingerprint density at radius 1 is 0.219 bits per heavy atom. The van der Waals surface area contributed by atoms with Gasteiger partial charge in [0.1, 0.15) is 80.7 Å². The summed E-state index contributed by atoms with van der Waals surface area (Å²) in [4.78, 5) is 1.18. The van der Waals surface area contributed by atoms with Crippen LogP contribution >= 0.6 is 47.0 Å². The van der Waals surface area contributed by atoms with E-state index in [1.165, 1.54) is 91.3 Å². The molecule has 0 bridgehead atoms. The standard InChI is InChI=1S/C121H132O12S4/c1-15-86-23-35-96(36-24-86)120(98-47-39-92(40-48-98)116(3,4)5,99-49-41-93(42-50-99)117(6,7)8)102-55-63-106(64-56-102)129-76-69-122-67-68-126-83-108-84-134-114(136-108)115-135-85-113(137-115)133-82-75-125-72-78-128-105-61-33-91(34-62-105)89-29-27-88(28-30-89)90-31-59-104(60-32-90)127-77-70-123-73-80-131-111-21-17-20-110-109(111)19-18-22-112(110)132-81-74-124-71-79-130-107-65-57-103(58-66-107)121(97-37-25-87(16-2)26-38-97,100-51-43-94(44-52-100)118(9,10)11)101-53-45-95(46-54-101)119(12,13)14/h17-66,84-85H,15-16,67-83H2,1-14H3/b115-114-. The maximum Gasteiger partial charge on any atom is 0.165 e. The average molecular weight is 1910 g/mol. The Hall–Kier alpha value is -10.9. The first-order valence-corrected chi connectivity index (χ1v) is 51.5. The summed E-state index contributed by atoms with van der Waals surface area (Å²) in [5.74, 6) is 4.70. The summed E-state index contributed by atoms with van der Waals surface area (Å²) in [5.41, 5.74) is 20.9. The highest BCUT2D eigenvalue weighted by atomic mass is 32.2. The third-order valence-corrected chi connectivity index (χ3v) is 30.4. The number of thioether (sulfide) groups is 4. The topological polar surface area (TPSA) is 111 Å². The van der Waals surface area contributed by atoms with Gasteiger partial charge in [0.25, 0.3) is 0 Å². The van der Waals surface area contributed by atoms with E-state index in [9.17, 15) is 0 Å². The van der Waals surface area contributed by atoms with E-state index in [0.717, 1.165) is 85.5 Å². The minimum atomic E-state index is -0.585. The number of benzene rings is 13. The molecule has 0 atom stereocenters. The molecule has 0 unspecified atom stereocenters. The molecular formula is C121H132O12S4. The Labute approximate surface area is 830 Å². The molecule has 0 spiro atoms. The number of rotatable bonds is 45. The van der Waals surface area contributed by atoms with Gasteiger partial charge in [0.15, 0.2) is 5.09 Å². The quantitative estimate of drug-likeness (QED) is 0.0266. The molecule has 0 fully saturated rings. The van der Waals surface area contributed by atoms with Crippen molar-refractivity contribution in [2.24, 2.45) is 0 Å². The van der Waals surface area contributed by atoms with Crippen molar-refractivity contribution in [3.05, 3.63) is 410 Å². The van der Waals surface area contributed by atoms with Crippen LogP contribution in [0, 0.1) is 0 Å². The van der Waals surface area contributed by atoms with Gasteiger partial charge in [0.05, 0.1) is 85.4 Å². The maximum atomic E-state index is 6.31. The van der Waals surface area contributed by atoms with Crippen LogP contribution in [-0.2, 0) is 73.8 Å². The molecule has 2 aliphatic heterocycles. The first kappa shape index (κ1) is 101. The van der Waals surface area contributed by atoms with Crippen LogP contribution < -0.4 is 28.4 Å². The van der Waals surface area contributed by atoms with Crippen molar-refractivity contribution in [1.82, 2.24) is 0 Å². The van der Waals surface area contributed by atoms with Crippen molar-refractivity contribution >= 4 is 57.8 Å². The fraction of sp³-hybridized carbons (Fsp3) is 0.322. The summed E-state index contributed by atoms with van der Waals surface area (Å²) in [7, 11) is 0. The Kier molecular flexibility index (Phi) is 34.7. The van der Waals surface area contributed by atoms with Crippen LogP contribution in [0.1, 0.15) is 175 Å². The maximum absolute atomic E-state index is 6.31. The van der Waals surface area contributed by atoms with E-state index in [1.54, 1.807) is 47.0 Å². The van der Waals surface area contributed by atoms with E-state index in [2.05, 4.69) is 363 Å². The smallest absolute Gasteiger partial charge is 0.165 e. The second-order valence-corrected chi connectivity index (χ2v) is 43.1. The molecule has 0 radical (unpaired) electrons. The minimum Gasteiger partial charge on any atom is -0.491 e. The number of hydrogen-bond donors (Lipinski definition) is 0. The van der Waals surface area contributed by atoms with Crippen LogP contribution in [-0.4, -0.2) is 112 Å². The predicted octanol–water partition coefficient (Wildman–Crippen LogP) is 29.5. The monoisotopic (exact) mass is 1900 g/mol. The summed E-state index contributed by atoms with van der Waals surface area (Å²) < 4.78 is 75.8. The molecule has 712 valence electrons. The van der Waals surface area contributed by atoms with Gasteiger partial charge in [-0.1, -0.05) is 375 Å². The molecule has 2 aliphatic rings. The molecule has 0 saturated heterocycles. The third-order valence-electron chi connectivity index (χ3n) is 25.2. The minimum absolute atomic E-state index is 0.0254. The van der Waals surface area contributed by atoms with Crippen LogP contribution in [0.15, 0.2) is 333 Å². The largest absolute Gasteiger partial charge is 0.491 e. The lowest BCUT2D eigenvalue weighted by molar-refractivity contribution is 0.0444. The molecular weight excluding hydrogens is 1770 g/mol. The van der Waals surface area contributed by atoms with Gasteiger partial charge in [-0.05, 0) is 212 Å². The molecule has 0 N–H and O–H groups in total. The predicted molar refractivity (Wildman–Crippen MR) is 571 cm³/mol. The highest BCUT2D eigenvalue weighted by Gasteiger charge is 2.41. The van der Waals surface area contributed by atoms with Crippen LogP contribution in [0.5, 0.6) is 34.5 Å². The van der Waals surface area contributed by atoms with Crippen LogP contribution in [0.4, 0.5) is 0 Å². The Balaban J connectivity index is 0.414. The zero-order chi connectivity index (χ0) is 95.8. The lowest BCUT2D eigenvalue weighted by Crippen LogP contribution is -2.31. The summed E-state index contributed by atoms with van der Waals surface area (Å²) in [5, 5.41) is 7.06. The summed E-state index contributed by atoms with van der Waals surface area (Å²) >= 11 is 6.85. The van der Waals surface area contributed by atoms with Gasteiger partial charge in [-0.3, -0.25) is 0 Å². The van der Waals surface area contributed by atoms with Gasteiger partial charge in [-0.15, -0.1) is 0 Å². The van der Waals surface area contributed by atoms with Crippen molar-refractivity contribution in [1.29, 1.82) is 0 Å². The lowest BCUT2D eigenvalue weighted by atomic mass is 9.64. The summed E-state index contributed by atoms with van der Waals surface area (Å²) in [6.07, 6.45) is 1.96. The van der Waals surface area contributed by atoms with Crippen molar-refractivity contribution in [3.8, 4) is 56.8 Å². The third kappa shape index (κ3) is 26.0. The molecule has 0 aliphatic carbocycles. The van der Waals surface area contributed by atoms with E-state index < -0.39 is 10.8 Å². The Bertz CT molecular complexity index is 6000. The molecule has 2 heterocycles. The number of aryl methyl sites for hydroxylation is 2. The first-order chi connectivity index (χ1) is 66.3. The molecule has 16 heteroatoms. The van der Waals surface area contributed by atoms with Crippen LogP contribution in [0.25, 0.3) is 33.0 Å². The second kappa shape index (κ2) is 47.2. The molecule has 0 aromatic heterocycles. The van der Waals surface area contributed by atoms with Gasteiger partial charge >= 0.3 is 0 Å². The zero-order valence-electron chi connectivity index (χ0n) is 82.0. The molecule has 0 saturated carbocycles. The molecule has 13 aromatic carbocycles. The SMILES string of the molecule is CCc1ccc(C(c2ccc(OCCOCCOCC3=CS/C(=C4\SC=C(OCCOCCOc5ccc(-c6ccc(-c7ccc(OCCOCCOc8cccc9c(OCCOCCOc%10ccc(C(c%11ccc(CC)cc%11)(c%11ccc(C(C)(C)C)cc%11)c%11ccc(C(C)(C)C)cc%11)cc%10)cccc89)cc7)cc6)cc5)S4)S3)cc2)(c2ccc(C(C)(C)C)cc2)c2ccc(C(C)(C)C)cc2)cc1. The van der Waals surface area contributed by atoms with Gasteiger partial charge in [0.2, 0.25) is 0 Å². The van der Waals surface area contributed by atoms with E-state index >= 15 is 0 Å². The highest BCUT2D eigenvalue weighted by molar-refractivity contribution is 8.33. The molecule has 137 heavy (non-hydrogen) atoms. The fourth-order valence-corrected chi connectivity index (χ4v) is 22.0. The summed E-state index contributed by atoms with van der Waals surface area (Å²) in [6.45, 7) is 39.1. The second-order valence-electron chi connectivity index (χ2n) is 38.7. The fourth-order valence-electron chi connectivity index (χ4n) is 17.3. The highest BCUT2D eigenvalue weighted by Crippen LogP contribution is 2.56. The lowest BCUT2D eigenvalue weighted by Gasteiger charge is -2.38. The van der Waals surface area contributed by atoms with E-state index in [1.807, 2.05) is 48.5 Å². The summed E-state index contributed by atoms with van der Waals surface area (Å²) in [6, 6.07) is 110. The molecule has 12 nitrogen and oxygen atoms in total. The van der Waals surface area contributed by atoms with Crippen molar-refractivity contribution in [3.63, 3.8) is 0 Å². The van der Waals surface area contributed by atoms with Crippen LogP contribution in [0.3, 0.4) is 0 Å².